The van der Waals surface area contributed by atoms with Crippen LogP contribution in [0.25, 0.3) is 78.1 Å². The second-order valence-electron chi connectivity index (χ2n) is 11.8. The number of hydrogen-bond donors (Lipinski definition) is 0. The summed E-state index contributed by atoms with van der Waals surface area (Å²) in [5.41, 5.74) is 12.9. The van der Waals surface area contributed by atoms with Crippen LogP contribution < -0.4 is 0 Å². The first-order chi connectivity index (χ1) is 24.1. The number of aromatic nitrogens is 5. The molecule has 0 unspecified atom stereocenters. The summed E-state index contributed by atoms with van der Waals surface area (Å²) in [6.45, 7) is 3.75. The van der Waals surface area contributed by atoms with Crippen molar-refractivity contribution in [2.45, 2.75) is 13.8 Å². The van der Waals surface area contributed by atoms with Crippen LogP contribution >= 0.6 is 0 Å². The molecule has 0 spiro atoms. The number of hydrogen-bond acceptors (Lipinski definition) is 7. The summed E-state index contributed by atoms with van der Waals surface area (Å²) < 4.78 is 5.35. The molecule has 7 nitrogen and oxygen atoms in total. The van der Waals surface area contributed by atoms with Gasteiger partial charge in [-0.1, -0.05) is 121 Å². The minimum atomic E-state index is 0.601. The van der Waals surface area contributed by atoms with Gasteiger partial charge in [0.25, 0.3) is 0 Å². The Morgan fingerprint density at radius 2 is 1.04 bits per heavy atom. The van der Waals surface area contributed by atoms with E-state index in [0.717, 1.165) is 61.2 Å². The molecule has 0 radical (unpaired) electrons. The summed E-state index contributed by atoms with van der Waals surface area (Å²) in [7, 11) is 0. The number of nitrogens with zero attached hydrogens (tertiary/aromatic N) is 6. The molecule has 2 aromatic heterocycles. The summed E-state index contributed by atoms with van der Waals surface area (Å²) in [5, 5.41) is 18.5. The van der Waals surface area contributed by atoms with Crippen LogP contribution in [0.4, 0.5) is 0 Å². The highest BCUT2D eigenvalue weighted by atomic mass is 16.6. The lowest BCUT2D eigenvalue weighted by atomic mass is 9.84. The van der Waals surface area contributed by atoms with Crippen molar-refractivity contribution in [3.8, 4) is 73.1 Å². The Balaban J connectivity index is 1.34. The number of benzene rings is 6. The first-order valence-electron chi connectivity index (χ1n) is 15.9. The minimum Gasteiger partial charge on any atom is -0.243 e. The lowest BCUT2D eigenvalue weighted by Crippen LogP contribution is -1.99. The highest BCUT2D eigenvalue weighted by molar-refractivity contribution is 6.05. The van der Waals surface area contributed by atoms with E-state index in [2.05, 4.69) is 116 Å². The van der Waals surface area contributed by atoms with Crippen LogP contribution in [0, 0.1) is 25.2 Å². The van der Waals surface area contributed by atoms with Gasteiger partial charge in [0.1, 0.15) is 22.7 Å². The van der Waals surface area contributed by atoms with Crippen molar-refractivity contribution in [1.82, 2.24) is 25.3 Å². The van der Waals surface area contributed by atoms with Crippen molar-refractivity contribution in [3.05, 3.63) is 151 Å². The zero-order valence-electron chi connectivity index (χ0n) is 26.8. The van der Waals surface area contributed by atoms with Gasteiger partial charge in [0.05, 0.1) is 11.6 Å². The molecule has 0 saturated carbocycles. The molecule has 0 fully saturated rings. The summed E-state index contributed by atoms with van der Waals surface area (Å²) in [6.07, 6.45) is 0. The standard InChI is InChI=1S/C42H28N6O/c1-26-44-27(2)46-42(45-26)31-20-18-30(19-21-31)39-33(32-13-8-10-28(24-32)25-43)16-9-17-37(39)35-14-6-7-15-36(35)38-23-22-34(29-11-4-3-5-12-29)40-41(38)48-49-47-40/h3-24H,1-2H3. The normalized spacial score (nSPS) is 11.0. The molecule has 0 atom stereocenters. The summed E-state index contributed by atoms with van der Waals surface area (Å²) in [6, 6.07) is 47.3. The van der Waals surface area contributed by atoms with Crippen LogP contribution in [0.2, 0.25) is 0 Å². The average molecular weight is 633 g/mol. The van der Waals surface area contributed by atoms with Gasteiger partial charge in [-0.15, -0.1) is 0 Å². The van der Waals surface area contributed by atoms with Crippen molar-refractivity contribution in [3.63, 3.8) is 0 Å². The number of nitriles is 1. The van der Waals surface area contributed by atoms with Gasteiger partial charge in [0, 0.05) is 16.7 Å². The Morgan fingerprint density at radius 3 is 1.78 bits per heavy atom. The van der Waals surface area contributed by atoms with E-state index >= 15 is 0 Å². The fourth-order valence-corrected chi connectivity index (χ4v) is 6.50. The Kier molecular flexibility index (Phi) is 7.52. The molecule has 2 heterocycles. The molecule has 7 heteroatoms. The van der Waals surface area contributed by atoms with Gasteiger partial charge >= 0.3 is 0 Å². The maximum atomic E-state index is 9.74. The Labute approximate surface area is 283 Å². The third-order valence-corrected chi connectivity index (χ3v) is 8.67. The zero-order chi connectivity index (χ0) is 33.3. The summed E-state index contributed by atoms with van der Waals surface area (Å²) >= 11 is 0. The van der Waals surface area contributed by atoms with Crippen molar-refractivity contribution < 1.29 is 4.63 Å². The molecular weight excluding hydrogens is 605 g/mol. The Hall–Kier alpha value is -6.78. The molecule has 0 N–H and O–H groups in total. The van der Waals surface area contributed by atoms with Crippen LogP contribution in [0.15, 0.2) is 138 Å². The molecule has 0 amide bonds. The van der Waals surface area contributed by atoms with E-state index < -0.39 is 0 Å². The lowest BCUT2D eigenvalue weighted by molar-refractivity contribution is 0.315. The Morgan fingerprint density at radius 1 is 0.469 bits per heavy atom. The topological polar surface area (TPSA) is 101 Å². The predicted octanol–water partition coefficient (Wildman–Crippen LogP) is 9.90. The van der Waals surface area contributed by atoms with Gasteiger partial charge < -0.3 is 0 Å². The minimum absolute atomic E-state index is 0.601. The monoisotopic (exact) mass is 632 g/mol. The average Bonchev–Trinajstić information content (AvgIpc) is 3.65. The molecule has 0 aliphatic rings. The predicted molar refractivity (Wildman–Crippen MR) is 192 cm³/mol. The van der Waals surface area contributed by atoms with Gasteiger partial charge in [-0.2, -0.15) is 5.26 Å². The van der Waals surface area contributed by atoms with Gasteiger partial charge in [-0.05, 0) is 80.8 Å². The maximum absolute atomic E-state index is 9.74. The number of aryl methyl sites for hydroxylation is 2. The van der Waals surface area contributed by atoms with Crippen molar-refractivity contribution in [2.24, 2.45) is 0 Å². The molecule has 49 heavy (non-hydrogen) atoms. The highest BCUT2D eigenvalue weighted by Gasteiger charge is 2.21. The van der Waals surface area contributed by atoms with E-state index in [1.807, 2.05) is 62.4 Å². The van der Waals surface area contributed by atoms with Crippen LogP contribution in [-0.4, -0.2) is 25.3 Å². The van der Waals surface area contributed by atoms with E-state index in [4.69, 9.17) is 4.63 Å². The third-order valence-electron chi connectivity index (χ3n) is 8.67. The largest absolute Gasteiger partial charge is 0.243 e. The molecule has 8 rings (SSSR count). The van der Waals surface area contributed by atoms with E-state index in [1.165, 1.54) is 0 Å². The van der Waals surface area contributed by atoms with Crippen molar-refractivity contribution in [1.29, 1.82) is 5.26 Å². The zero-order valence-corrected chi connectivity index (χ0v) is 26.8. The third kappa shape index (κ3) is 5.52. The molecule has 0 bridgehead atoms. The first kappa shape index (κ1) is 29.6. The molecule has 232 valence electrons. The van der Waals surface area contributed by atoms with Gasteiger partial charge in [0.2, 0.25) is 0 Å². The number of rotatable bonds is 6. The molecule has 6 aromatic carbocycles. The summed E-state index contributed by atoms with van der Waals surface area (Å²) in [5.74, 6) is 2.00. The quantitative estimate of drug-likeness (QED) is 0.180. The molecule has 0 aliphatic carbocycles. The van der Waals surface area contributed by atoms with Crippen molar-refractivity contribution in [2.75, 3.05) is 0 Å². The SMILES string of the molecule is Cc1nc(C)nc(-c2ccc(-c3c(-c4cccc(C#N)c4)cccc3-c3ccccc3-c3ccc(-c4ccccc4)c4nonc34)cc2)n1. The fourth-order valence-electron chi connectivity index (χ4n) is 6.50. The first-order valence-corrected chi connectivity index (χ1v) is 15.9. The fraction of sp³-hybridized carbons (Fsp3) is 0.0476. The van der Waals surface area contributed by atoms with E-state index in [0.29, 0.717) is 34.1 Å². The second kappa shape index (κ2) is 12.4. The van der Waals surface area contributed by atoms with E-state index in [1.54, 1.807) is 0 Å². The van der Waals surface area contributed by atoms with Crippen LogP contribution in [-0.2, 0) is 0 Å². The summed E-state index contributed by atoms with van der Waals surface area (Å²) in [4.78, 5) is 13.5. The molecule has 8 aromatic rings. The van der Waals surface area contributed by atoms with Gasteiger partial charge in [-0.3, -0.25) is 0 Å². The van der Waals surface area contributed by atoms with Gasteiger partial charge in [0.15, 0.2) is 5.82 Å². The molecule has 0 aliphatic heterocycles. The van der Waals surface area contributed by atoms with Crippen LogP contribution in [0.5, 0.6) is 0 Å². The lowest BCUT2D eigenvalue weighted by Gasteiger charge is -2.19. The van der Waals surface area contributed by atoms with Gasteiger partial charge in [-0.25, -0.2) is 19.6 Å². The Bertz CT molecular complexity index is 2510. The second-order valence-corrected chi connectivity index (χ2v) is 11.8. The van der Waals surface area contributed by atoms with E-state index in [-0.39, 0.29) is 0 Å². The highest BCUT2D eigenvalue weighted by Crippen LogP contribution is 2.45. The number of fused-ring (bicyclic) bond motifs is 1. The smallest absolute Gasteiger partial charge is 0.163 e. The van der Waals surface area contributed by atoms with Crippen LogP contribution in [0.3, 0.4) is 0 Å². The molecular formula is C42H28N6O. The van der Waals surface area contributed by atoms with E-state index in [9.17, 15) is 5.26 Å². The maximum Gasteiger partial charge on any atom is 0.163 e. The van der Waals surface area contributed by atoms with Crippen LogP contribution in [0.1, 0.15) is 17.2 Å². The van der Waals surface area contributed by atoms with Crippen molar-refractivity contribution >= 4 is 11.0 Å². The molecule has 0 saturated heterocycles.